The Morgan fingerprint density at radius 3 is 2.67 bits per heavy atom. The SMILES string of the molecule is C=C1CCCC(C)(C)C1CCC1(C)Oc2ccccc2C(=O)C1C(=O)OC. The van der Waals surface area contributed by atoms with Gasteiger partial charge in [-0.1, -0.05) is 38.1 Å². The summed E-state index contributed by atoms with van der Waals surface area (Å²) >= 11 is 0. The van der Waals surface area contributed by atoms with Gasteiger partial charge < -0.3 is 9.47 Å². The molecule has 0 bridgehead atoms. The van der Waals surface area contributed by atoms with Gasteiger partial charge in [-0.2, -0.15) is 0 Å². The van der Waals surface area contributed by atoms with Crippen molar-refractivity contribution < 1.29 is 19.1 Å². The van der Waals surface area contributed by atoms with E-state index in [2.05, 4.69) is 20.4 Å². The maximum Gasteiger partial charge on any atom is 0.320 e. The fourth-order valence-corrected chi connectivity index (χ4v) is 4.87. The van der Waals surface area contributed by atoms with Crippen molar-refractivity contribution in [2.24, 2.45) is 17.3 Å². The van der Waals surface area contributed by atoms with Gasteiger partial charge in [0, 0.05) is 0 Å². The number of para-hydroxylation sites is 1. The lowest BCUT2D eigenvalue weighted by Crippen LogP contribution is -2.52. The first-order valence-corrected chi connectivity index (χ1v) is 9.77. The Morgan fingerprint density at radius 2 is 2.00 bits per heavy atom. The number of esters is 1. The largest absolute Gasteiger partial charge is 0.485 e. The summed E-state index contributed by atoms with van der Waals surface area (Å²) in [5.41, 5.74) is 0.967. The van der Waals surface area contributed by atoms with Crippen molar-refractivity contribution >= 4 is 11.8 Å². The van der Waals surface area contributed by atoms with Crippen LogP contribution in [0.3, 0.4) is 0 Å². The maximum absolute atomic E-state index is 13.1. The van der Waals surface area contributed by atoms with Crippen LogP contribution in [-0.2, 0) is 9.53 Å². The number of allylic oxidation sites excluding steroid dienone is 1. The minimum atomic E-state index is -0.947. The van der Waals surface area contributed by atoms with Gasteiger partial charge >= 0.3 is 5.97 Å². The number of methoxy groups -OCH3 is 1. The van der Waals surface area contributed by atoms with E-state index in [4.69, 9.17) is 9.47 Å². The molecule has 27 heavy (non-hydrogen) atoms. The number of carbonyl (C=O) groups excluding carboxylic acids is 2. The molecular weight excluding hydrogens is 340 g/mol. The zero-order valence-corrected chi connectivity index (χ0v) is 16.8. The summed E-state index contributed by atoms with van der Waals surface area (Å²) in [6, 6.07) is 7.13. The quantitative estimate of drug-likeness (QED) is 0.426. The summed E-state index contributed by atoms with van der Waals surface area (Å²) in [6.45, 7) is 10.7. The number of fused-ring (bicyclic) bond motifs is 1. The standard InChI is InChI=1S/C23H30O4/c1-15-9-8-13-22(2,3)17(15)12-14-23(4)19(21(25)26-5)20(24)16-10-6-7-11-18(16)27-23/h6-7,10-11,17,19H,1,8-9,12-14H2,2-5H3. The summed E-state index contributed by atoms with van der Waals surface area (Å²) < 4.78 is 11.2. The highest BCUT2D eigenvalue weighted by atomic mass is 16.5. The lowest BCUT2D eigenvalue weighted by molar-refractivity contribution is -0.151. The van der Waals surface area contributed by atoms with Gasteiger partial charge in [-0.05, 0) is 62.5 Å². The van der Waals surface area contributed by atoms with E-state index in [0.29, 0.717) is 23.7 Å². The minimum Gasteiger partial charge on any atom is -0.485 e. The Morgan fingerprint density at radius 1 is 1.30 bits per heavy atom. The van der Waals surface area contributed by atoms with Gasteiger partial charge in [0.05, 0.1) is 12.7 Å². The van der Waals surface area contributed by atoms with Crippen molar-refractivity contribution in [2.75, 3.05) is 7.11 Å². The molecule has 0 amide bonds. The number of hydrogen-bond acceptors (Lipinski definition) is 4. The van der Waals surface area contributed by atoms with E-state index < -0.39 is 17.5 Å². The maximum atomic E-state index is 13.1. The second-order valence-corrected chi connectivity index (χ2v) is 8.82. The number of rotatable bonds is 4. The molecule has 2 aliphatic rings. The summed E-state index contributed by atoms with van der Waals surface area (Å²) in [7, 11) is 1.32. The normalized spacial score (nSPS) is 29.6. The summed E-state index contributed by atoms with van der Waals surface area (Å²) in [6.07, 6.45) is 4.82. The second kappa shape index (κ2) is 7.14. The van der Waals surface area contributed by atoms with Crippen LogP contribution in [0.2, 0.25) is 0 Å². The van der Waals surface area contributed by atoms with Crippen molar-refractivity contribution in [3.05, 3.63) is 42.0 Å². The fraction of sp³-hybridized carbons (Fsp3) is 0.565. The molecule has 3 rings (SSSR count). The topological polar surface area (TPSA) is 52.6 Å². The van der Waals surface area contributed by atoms with Crippen LogP contribution in [0.4, 0.5) is 0 Å². The molecule has 0 N–H and O–H groups in total. The van der Waals surface area contributed by atoms with E-state index in [-0.39, 0.29) is 11.2 Å². The number of Topliss-reactive ketones (excluding diaryl/α,β-unsaturated/α-hetero) is 1. The van der Waals surface area contributed by atoms with Crippen LogP contribution in [0, 0.1) is 17.3 Å². The van der Waals surface area contributed by atoms with Crippen molar-refractivity contribution in [2.45, 2.75) is 58.5 Å². The van der Waals surface area contributed by atoms with Crippen LogP contribution in [0.15, 0.2) is 36.4 Å². The fourth-order valence-electron chi connectivity index (χ4n) is 4.87. The Labute approximate surface area is 161 Å². The second-order valence-electron chi connectivity index (χ2n) is 8.82. The first-order chi connectivity index (χ1) is 12.7. The minimum absolute atomic E-state index is 0.170. The van der Waals surface area contributed by atoms with Crippen molar-refractivity contribution in [1.82, 2.24) is 0 Å². The monoisotopic (exact) mass is 370 g/mol. The van der Waals surface area contributed by atoms with E-state index >= 15 is 0 Å². The van der Waals surface area contributed by atoms with Gasteiger partial charge in [-0.25, -0.2) is 0 Å². The molecule has 1 aromatic rings. The smallest absolute Gasteiger partial charge is 0.320 e. The average Bonchev–Trinajstić information content (AvgIpc) is 2.60. The van der Waals surface area contributed by atoms with Crippen LogP contribution in [0.1, 0.15) is 63.2 Å². The van der Waals surface area contributed by atoms with E-state index in [0.717, 1.165) is 19.3 Å². The number of ether oxygens (including phenoxy) is 2. The molecule has 1 heterocycles. The molecule has 4 heteroatoms. The van der Waals surface area contributed by atoms with Gasteiger partial charge in [-0.3, -0.25) is 9.59 Å². The molecule has 1 aromatic carbocycles. The molecule has 0 saturated heterocycles. The molecule has 3 unspecified atom stereocenters. The molecular formula is C23H30O4. The molecule has 1 aliphatic carbocycles. The van der Waals surface area contributed by atoms with E-state index in [1.807, 2.05) is 13.0 Å². The highest BCUT2D eigenvalue weighted by Gasteiger charge is 2.51. The molecule has 1 saturated carbocycles. The van der Waals surface area contributed by atoms with E-state index in [1.165, 1.54) is 19.1 Å². The third kappa shape index (κ3) is 3.54. The number of carbonyl (C=O) groups is 2. The lowest BCUT2D eigenvalue weighted by atomic mass is 9.64. The molecule has 0 spiro atoms. The van der Waals surface area contributed by atoms with Crippen LogP contribution < -0.4 is 4.74 Å². The lowest BCUT2D eigenvalue weighted by Gasteiger charge is -2.44. The Hall–Kier alpha value is -2.10. The molecule has 1 aliphatic heterocycles. The van der Waals surface area contributed by atoms with Crippen LogP contribution in [-0.4, -0.2) is 24.5 Å². The Bertz CT molecular complexity index is 763. The van der Waals surface area contributed by atoms with Gasteiger partial charge in [0.1, 0.15) is 11.4 Å². The van der Waals surface area contributed by atoms with Gasteiger partial charge in [-0.15, -0.1) is 0 Å². The Balaban J connectivity index is 1.90. The van der Waals surface area contributed by atoms with Crippen molar-refractivity contribution in [1.29, 1.82) is 0 Å². The van der Waals surface area contributed by atoms with E-state index in [1.54, 1.807) is 18.2 Å². The highest BCUT2D eigenvalue weighted by Crippen LogP contribution is 2.48. The zero-order valence-electron chi connectivity index (χ0n) is 16.8. The van der Waals surface area contributed by atoms with Gasteiger partial charge in [0.15, 0.2) is 11.7 Å². The number of ketones is 1. The first kappa shape index (κ1) is 19.7. The molecule has 0 aromatic heterocycles. The summed E-state index contributed by atoms with van der Waals surface area (Å²) in [4.78, 5) is 25.6. The zero-order chi connectivity index (χ0) is 19.8. The van der Waals surface area contributed by atoms with Crippen LogP contribution in [0.5, 0.6) is 5.75 Å². The van der Waals surface area contributed by atoms with E-state index in [9.17, 15) is 9.59 Å². The number of benzene rings is 1. The average molecular weight is 370 g/mol. The molecule has 3 atom stereocenters. The van der Waals surface area contributed by atoms with Crippen molar-refractivity contribution in [3.8, 4) is 5.75 Å². The highest BCUT2D eigenvalue weighted by molar-refractivity contribution is 6.12. The summed E-state index contributed by atoms with van der Waals surface area (Å²) in [5.74, 6) is -0.784. The summed E-state index contributed by atoms with van der Waals surface area (Å²) in [5, 5.41) is 0. The first-order valence-electron chi connectivity index (χ1n) is 9.77. The predicted octanol–water partition coefficient (Wildman–Crippen LogP) is 4.97. The molecule has 4 nitrogen and oxygen atoms in total. The van der Waals surface area contributed by atoms with Crippen LogP contribution >= 0.6 is 0 Å². The third-order valence-electron chi connectivity index (χ3n) is 6.49. The van der Waals surface area contributed by atoms with Gasteiger partial charge in [0.2, 0.25) is 0 Å². The molecule has 1 fully saturated rings. The third-order valence-corrected chi connectivity index (χ3v) is 6.49. The predicted molar refractivity (Wildman–Crippen MR) is 105 cm³/mol. The van der Waals surface area contributed by atoms with Gasteiger partial charge in [0.25, 0.3) is 0 Å². The van der Waals surface area contributed by atoms with Crippen molar-refractivity contribution in [3.63, 3.8) is 0 Å². The number of hydrogen-bond donors (Lipinski definition) is 0. The molecule has 146 valence electrons. The van der Waals surface area contributed by atoms with Crippen LogP contribution in [0.25, 0.3) is 0 Å². The molecule has 0 radical (unpaired) electrons. The Kier molecular flexibility index (Phi) is 5.20.